The maximum Gasteiger partial charge on any atom is 0.128 e. The summed E-state index contributed by atoms with van der Waals surface area (Å²) in [6.45, 7) is 7.53. The molecule has 1 heterocycles. The number of nitrogens with two attached hydrogens (primary N) is 1. The highest BCUT2D eigenvalue weighted by molar-refractivity contribution is 5.21. The third-order valence-electron chi connectivity index (χ3n) is 4.68. The Labute approximate surface area is 115 Å². The van der Waals surface area contributed by atoms with Crippen LogP contribution in [0.2, 0.25) is 0 Å². The van der Waals surface area contributed by atoms with Gasteiger partial charge >= 0.3 is 0 Å². The van der Waals surface area contributed by atoms with Crippen molar-refractivity contribution >= 4 is 0 Å². The van der Waals surface area contributed by atoms with Crippen LogP contribution in [0.25, 0.3) is 0 Å². The number of piperidine rings is 1. The second kappa shape index (κ2) is 6.02. The Morgan fingerprint density at radius 3 is 2.53 bits per heavy atom. The van der Waals surface area contributed by atoms with E-state index in [1.54, 1.807) is 12.1 Å². The predicted octanol–water partition coefficient (Wildman–Crippen LogP) is 3.34. The molecule has 1 unspecified atom stereocenters. The third kappa shape index (κ3) is 3.54. The van der Waals surface area contributed by atoms with Crippen LogP contribution in [-0.4, -0.2) is 24.5 Å². The molecule has 1 fully saturated rings. The molecular formula is C16H25FN2. The Hall–Kier alpha value is -0.930. The summed E-state index contributed by atoms with van der Waals surface area (Å²) in [6.07, 6.45) is 3.67. The van der Waals surface area contributed by atoms with E-state index in [2.05, 4.69) is 18.7 Å². The molecule has 0 saturated carbocycles. The van der Waals surface area contributed by atoms with Gasteiger partial charge in [0.15, 0.2) is 0 Å². The van der Waals surface area contributed by atoms with Gasteiger partial charge in [-0.05, 0) is 37.4 Å². The third-order valence-corrected chi connectivity index (χ3v) is 4.68. The van der Waals surface area contributed by atoms with E-state index in [-0.39, 0.29) is 11.9 Å². The highest BCUT2D eigenvalue weighted by Gasteiger charge is 2.29. The van der Waals surface area contributed by atoms with E-state index in [9.17, 15) is 4.39 Å². The van der Waals surface area contributed by atoms with E-state index in [0.717, 1.165) is 19.6 Å². The van der Waals surface area contributed by atoms with Crippen molar-refractivity contribution in [1.82, 2.24) is 4.90 Å². The molecule has 1 aliphatic heterocycles. The van der Waals surface area contributed by atoms with Crippen LogP contribution in [-0.2, 0) is 0 Å². The summed E-state index contributed by atoms with van der Waals surface area (Å²) in [5.74, 6) is -0.189. The van der Waals surface area contributed by atoms with Crippen molar-refractivity contribution in [1.29, 1.82) is 0 Å². The van der Waals surface area contributed by atoms with E-state index < -0.39 is 0 Å². The molecule has 0 radical (unpaired) electrons. The van der Waals surface area contributed by atoms with Crippen LogP contribution >= 0.6 is 0 Å². The highest BCUT2D eigenvalue weighted by atomic mass is 19.1. The number of halogens is 1. The first-order chi connectivity index (χ1) is 9.04. The summed E-state index contributed by atoms with van der Waals surface area (Å²) in [6, 6.07) is 6.61. The minimum atomic E-state index is -0.229. The molecule has 0 aromatic heterocycles. The Morgan fingerprint density at radius 2 is 1.95 bits per heavy atom. The van der Waals surface area contributed by atoms with E-state index >= 15 is 0 Å². The summed E-state index contributed by atoms with van der Waals surface area (Å²) >= 11 is 0. The summed E-state index contributed by atoms with van der Waals surface area (Å²) in [5.41, 5.74) is 7.26. The quantitative estimate of drug-likeness (QED) is 0.903. The van der Waals surface area contributed by atoms with Crippen LogP contribution < -0.4 is 5.73 Å². The summed E-state index contributed by atoms with van der Waals surface area (Å²) in [5, 5.41) is 0. The van der Waals surface area contributed by atoms with Gasteiger partial charge in [-0.3, -0.25) is 0 Å². The van der Waals surface area contributed by atoms with Gasteiger partial charge in [-0.2, -0.15) is 0 Å². The lowest BCUT2D eigenvalue weighted by Crippen LogP contribution is -2.41. The van der Waals surface area contributed by atoms with E-state index in [1.165, 1.54) is 25.3 Å². The number of hydrogen-bond donors (Lipinski definition) is 1. The fourth-order valence-electron chi connectivity index (χ4n) is 2.78. The molecule has 0 spiro atoms. The van der Waals surface area contributed by atoms with Gasteiger partial charge < -0.3 is 10.6 Å². The van der Waals surface area contributed by atoms with Gasteiger partial charge in [0, 0.05) is 18.2 Å². The second-order valence-corrected chi connectivity index (χ2v) is 6.09. The fourth-order valence-corrected chi connectivity index (χ4v) is 2.78. The number of hydrogen-bond acceptors (Lipinski definition) is 2. The molecule has 3 heteroatoms. The molecular weight excluding hydrogens is 239 g/mol. The molecule has 0 amide bonds. The SMILES string of the molecule is CCC1(C)CCN(CC(N)c2ccccc2F)CC1. The van der Waals surface area contributed by atoms with Gasteiger partial charge in [0.25, 0.3) is 0 Å². The minimum absolute atomic E-state index is 0.189. The number of rotatable bonds is 4. The van der Waals surface area contributed by atoms with Crippen LogP contribution in [0, 0.1) is 11.2 Å². The molecule has 2 nitrogen and oxygen atoms in total. The molecule has 19 heavy (non-hydrogen) atoms. The normalized spacial score (nSPS) is 21.3. The Kier molecular flexibility index (Phi) is 4.58. The monoisotopic (exact) mass is 264 g/mol. The topological polar surface area (TPSA) is 29.3 Å². The van der Waals surface area contributed by atoms with Crippen LogP contribution in [0.4, 0.5) is 4.39 Å². The number of benzene rings is 1. The Morgan fingerprint density at radius 1 is 1.32 bits per heavy atom. The van der Waals surface area contributed by atoms with Crippen molar-refractivity contribution in [2.75, 3.05) is 19.6 Å². The molecule has 0 aliphatic carbocycles. The molecule has 106 valence electrons. The zero-order valence-electron chi connectivity index (χ0n) is 12.0. The summed E-state index contributed by atoms with van der Waals surface area (Å²) in [7, 11) is 0. The van der Waals surface area contributed by atoms with Gasteiger partial charge in [0.1, 0.15) is 5.82 Å². The zero-order valence-corrected chi connectivity index (χ0v) is 12.0. The van der Waals surface area contributed by atoms with Gasteiger partial charge in [-0.25, -0.2) is 4.39 Å². The lowest BCUT2D eigenvalue weighted by Gasteiger charge is -2.39. The van der Waals surface area contributed by atoms with Crippen molar-refractivity contribution in [3.63, 3.8) is 0 Å². The van der Waals surface area contributed by atoms with Crippen LogP contribution in [0.3, 0.4) is 0 Å². The molecule has 2 N–H and O–H groups in total. The number of nitrogens with zero attached hydrogens (tertiary/aromatic N) is 1. The van der Waals surface area contributed by atoms with E-state index in [0.29, 0.717) is 11.0 Å². The lowest BCUT2D eigenvalue weighted by molar-refractivity contribution is 0.109. The molecule has 1 aliphatic rings. The standard InChI is InChI=1S/C16H25FN2/c1-3-16(2)8-10-19(11-9-16)12-15(18)13-6-4-5-7-14(13)17/h4-7,15H,3,8-12,18H2,1-2H3. The van der Waals surface area contributed by atoms with Crippen LogP contribution in [0.5, 0.6) is 0 Å². The van der Waals surface area contributed by atoms with Gasteiger partial charge in [-0.15, -0.1) is 0 Å². The summed E-state index contributed by atoms with van der Waals surface area (Å²) in [4.78, 5) is 2.37. The summed E-state index contributed by atoms with van der Waals surface area (Å²) < 4.78 is 13.7. The maximum absolute atomic E-state index is 13.7. The van der Waals surface area contributed by atoms with Crippen LogP contribution in [0.1, 0.15) is 44.7 Å². The first-order valence-corrected chi connectivity index (χ1v) is 7.26. The molecule has 1 saturated heterocycles. The number of likely N-dealkylation sites (tertiary alicyclic amines) is 1. The largest absolute Gasteiger partial charge is 0.323 e. The van der Waals surface area contributed by atoms with E-state index in [1.807, 2.05) is 6.07 Å². The average Bonchev–Trinajstić information content (AvgIpc) is 2.42. The average molecular weight is 264 g/mol. The van der Waals surface area contributed by atoms with E-state index in [4.69, 9.17) is 5.73 Å². The van der Waals surface area contributed by atoms with Crippen molar-refractivity contribution in [3.05, 3.63) is 35.6 Å². The molecule has 1 atom stereocenters. The zero-order chi connectivity index (χ0) is 13.9. The molecule has 1 aromatic carbocycles. The maximum atomic E-state index is 13.7. The molecule has 1 aromatic rings. The Balaban J connectivity index is 1.91. The van der Waals surface area contributed by atoms with Gasteiger partial charge in [0.05, 0.1) is 0 Å². The van der Waals surface area contributed by atoms with Crippen molar-refractivity contribution < 1.29 is 4.39 Å². The smallest absolute Gasteiger partial charge is 0.128 e. The minimum Gasteiger partial charge on any atom is -0.323 e. The lowest BCUT2D eigenvalue weighted by atomic mass is 9.78. The second-order valence-electron chi connectivity index (χ2n) is 6.09. The van der Waals surface area contributed by atoms with Crippen molar-refractivity contribution in [3.8, 4) is 0 Å². The van der Waals surface area contributed by atoms with Crippen molar-refractivity contribution in [2.45, 2.75) is 39.2 Å². The molecule has 0 bridgehead atoms. The highest BCUT2D eigenvalue weighted by Crippen LogP contribution is 2.34. The molecule has 2 rings (SSSR count). The van der Waals surface area contributed by atoms with Gasteiger partial charge in [-0.1, -0.05) is 38.5 Å². The fraction of sp³-hybridized carbons (Fsp3) is 0.625. The Bertz CT molecular complexity index is 411. The first kappa shape index (κ1) is 14.5. The predicted molar refractivity (Wildman–Crippen MR) is 77.4 cm³/mol. The van der Waals surface area contributed by atoms with Gasteiger partial charge in [0.2, 0.25) is 0 Å². The van der Waals surface area contributed by atoms with Crippen LogP contribution in [0.15, 0.2) is 24.3 Å². The first-order valence-electron chi connectivity index (χ1n) is 7.26. The van der Waals surface area contributed by atoms with Crippen molar-refractivity contribution in [2.24, 2.45) is 11.1 Å².